The van der Waals surface area contributed by atoms with Gasteiger partial charge < -0.3 is 4.74 Å². The van der Waals surface area contributed by atoms with Crippen LogP contribution in [0.1, 0.15) is 34.1 Å². The Morgan fingerprint density at radius 3 is 2.22 bits per heavy atom. The van der Waals surface area contributed by atoms with Crippen molar-refractivity contribution in [1.82, 2.24) is 4.98 Å². The van der Waals surface area contributed by atoms with Crippen LogP contribution in [0.5, 0.6) is 0 Å². The first-order chi connectivity index (χ1) is 14.7. The van der Waals surface area contributed by atoms with Gasteiger partial charge in [-0.25, -0.2) is 26.6 Å². The van der Waals surface area contributed by atoms with Crippen molar-refractivity contribution in [1.29, 1.82) is 0 Å². The zero-order chi connectivity index (χ0) is 24.3. The predicted octanol–water partition coefficient (Wildman–Crippen LogP) is 2.79. The molecule has 13 heteroatoms. The molecular formula is C19H21F3N2O6S2. The smallest absolute Gasteiger partial charge is 0.418 e. The van der Waals surface area contributed by atoms with Gasteiger partial charge in [0.1, 0.15) is 0 Å². The summed E-state index contributed by atoms with van der Waals surface area (Å²) in [6, 6.07) is 5.76. The molecule has 0 radical (unpaired) electrons. The fraction of sp³-hybridized carbons (Fsp3) is 0.368. The monoisotopic (exact) mass is 494 g/mol. The van der Waals surface area contributed by atoms with E-state index in [9.17, 15) is 34.8 Å². The number of benzene rings is 1. The summed E-state index contributed by atoms with van der Waals surface area (Å²) in [4.78, 5) is 15.8. The van der Waals surface area contributed by atoms with Gasteiger partial charge in [0.2, 0.25) is 10.0 Å². The number of alkyl halides is 3. The van der Waals surface area contributed by atoms with Gasteiger partial charge in [-0.2, -0.15) is 13.2 Å². The third-order valence-corrected chi connectivity index (χ3v) is 7.05. The topological polar surface area (TPSA) is 111 Å². The van der Waals surface area contributed by atoms with Crippen LogP contribution >= 0.6 is 0 Å². The van der Waals surface area contributed by atoms with Gasteiger partial charge in [-0.15, -0.1) is 0 Å². The van der Waals surface area contributed by atoms with E-state index < -0.39 is 60.3 Å². The summed E-state index contributed by atoms with van der Waals surface area (Å²) >= 11 is 0. The number of hydrogen-bond acceptors (Lipinski definition) is 7. The number of halogens is 3. The third kappa shape index (κ3) is 6.19. The van der Waals surface area contributed by atoms with Crippen molar-refractivity contribution >= 4 is 31.5 Å². The lowest BCUT2D eigenvalue weighted by Gasteiger charge is -2.23. The molecule has 2 rings (SSSR count). The van der Waals surface area contributed by atoms with Crippen LogP contribution < -0.4 is 4.31 Å². The number of hydrogen-bond donors (Lipinski definition) is 0. The van der Waals surface area contributed by atoms with Crippen LogP contribution in [0.15, 0.2) is 36.5 Å². The molecule has 0 aliphatic carbocycles. The van der Waals surface area contributed by atoms with E-state index >= 15 is 0 Å². The molecule has 0 atom stereocenters. The molecule has 0 aliphatic heterocycles. The number of sulfone groups is 1. The molecule has 1 aromatic heterocycles. The van der Waals surface area contributed by atoms with E-state index in [1.165, 1.54) is 18.3 Å². The van der Waals surface area contributed by atoms with Crippen molar-refractivity contribution in [3.8, 4) is 0 Å². The average Bonchev–Trinajstić information content (AvgIpc) is 2.65. The highest BCUT2D eigenvalue weighted by atomic mass is 32.2. The fourth-order valence-electron chi connectivity index (χ4n) is 2.94. The van der Waals surface area contributed by atoms with Crippen molar-refractivity contribution in [2.45, 2.75) is 24.6 Å². The van der Waals surface area contributed by atoms with Crippen LogP contribution in [0.25, 0.3) is 0 Å². The lowest BCUT2D eigenvalue weighted by atomic mass is 10.1. The summed E-state index contributed by atoms with van der Waals surface area (Å²) in [6.45, 7) is 1.58. The van der Waals surface area contributed by atoms with Gasteiger partial charge in [0, 0.05) is 18.8 Å². The molecule has 32 heavy (non-hydrogen) atoms. The van der Waals surface area contributed by atoms with Crippen LogP contribution in [0.3, 0.4) is 0 Å². The van der Waals surface area contributed by atoms with Crippen molar-refractivity contribution in [2.24, 2.45) is 0 Å². The zero-order valence-electron chi connectivity index (χ0n) is 17.4. The Labute approximate surface area is 184 Å². The minimum Gasteiger partial charge on any atom is -0.461 e. The Morgan fingerprint density at radius 2 is 1.66 bits per heavy atom. The number of esters is 1. The van der Waals surface area contributed by atoms with Crippen molar-refractivity contribution < 1.29 is 39.5 Å². The van der Waals surface area contributed by atoms with Crippen molar-refractivity contribution in [2.75, 3.05) is 24.2 Å². The molecule has 0 saturated heterocycles. The largest absolute Gasteiger partial charge is 0.461 e. The van der Waals surface area contributed by atoms with Gasteiger partial charge >= 0.3 is 12.1 Å². The number of aromatic nitrogens is 1. The van der Waals surface area contributed by atoms with E-state index in [2.05, 4.69) is 4.98 Å². The van der Waals surface area contributed by atoms with Crippen molar-refractivity contribution in [3.05, 3.63) is 58.9 Å². The Bertz CT molecular complexity index is 1210. The van der Waals surface area contributed by atoms with Crippen LogP contribution in [-0.4, -0.2) is 47.7 Å². The molecule has 8 nitrogen and oxygen atoms in total. The summed E-state index contributed by atoms with van der Waals surface area (Å²) in [7, 11) is -7.34. The quantitative estimate of drug-likeness (QED) is 0.519. The third-order valence-electron chi connectivity index (χ3n) is 4.36. The summed E-state index contributed by atoms with van der Waals surface area (Å²) in [5.41, 5.74) is -2.95. The van der Waals surface area contributed by atoms with Crippen LogP contribution in [0.4, 0.5) is 18.9 Å². The van der Waals surface area contributed by atoms with Gasteiger partial charge in [0.05, 0.1) is 35.6 Å². The molecule has 0 aliphatic rings. The first-order valence-corrected chi connectivity index (χ1v) is 12.8. The van der Waals surface area contributed by atoms with Gasteiger partial charge in [-0.3, -0.25) is 4.31 Å². The second-order valence-electron chi connectivity index (χ2n) is 6.80. The van der Waals surface area contributed by atoms with Crippen LogP contribution in [0.2, 0.25) is 0 Å². The number of carbonyl (C=O) groups excluding carboxylic acids is 1. The summed E-state index contributed by atoms with van der Waals surface area (Å²) in [6.07, 6.45) is -3.03. The normalized spacial score (nSPS) is 12.4. The number of pyridine rings is 1. The first-order valence-electron chi connectivity index (χ1n) is 9.11. The van der Waals surface area contributed by atoms with Gasteiger partial charge in [0.25, 0.3) is 0 Å². The highest BCUT2D eigenvalue weighted by molar-refractivity contribution is 7.92. The number of rotatable bonds is 8. The van der Waals surface area contributed by atoms with Gasteiger partial charge in [-0.05, 0) is 24.6 Å². The maximum atomic E-state index is 13.8. The fourth-order valence-corrected chi connectivity index (χ4v) is 4.97. The molecule has 2 aromatic rings. The standard InChI is InChI=1S/C19H21F3N2O6S2/c1-4-30-18(25)17-14(8-6-10-23-17)12-32(28,29)11-13-7-5-9-15(16(13)19(20,21)22)24(2)31(3,26)27/h5-10H,4,11-12H2,1-3H3. The lowest BCUT2D eigenvalue weighted by Crippen LogP contribution is -2.28. The Balaban J connectivity index is 2.50. The molecule has 176 valence electrons. The number of anilines is 1. The predicted molar refractivity (Wildman–Crippen MR) is 111 cm³/mol. The molecule has 0 amide bonds. The number of ether oxygens (including phenoxy) is 1. The van der Waals surface area contributed by atoms with Gasteiger partial charge in [0.15, 0.2) is 15.5 Å². The summed E-state index contributed by atoms with van der Waals surface area (Å²) in [5.74, 6) is -2.66. The average molecular weight is 495 g/mol. The molecule has 0 N–H and O–H groups in total. The van der Waals surface area contributed by atoms with Gasteiger partial charge in [-0.1, -0.05) is 18.2 Å². The van der Waals surface area contributed by atoms with Crippen molar-refractivity contribution in [3.63, 3.8) is 0 Å². The molecule has 0 fully saturated rings. The zero-order valence-corrected chi connectivity index (χ0v) is 19.0. The minimum absolute atomic E-state index is 0.0242. The second kappa shape index (κ2) is 9.45. The number of nitrogens with zero attached hydrogens (tertiary/aromatic N) is 2. The molecule has 0 spiro atoms. The first kappa shape index (κ1) is 25.6. The Hall–Kier alpha value is -2.67. The SMILES string of the molecule is CCOC(=O)c1ncccc1CS(=O)(=O)Cc1cccc(N(C)S(C)(=O)=O)c1C(F)(F)F. The Kier molecular flexibility index (Phi) is 7.55. The molecule has 0 bridgehead atoms. The van der Waals surface area contributed by atoms with Crippen LogP contribution in [0, 0.1) is 0 Å². The Morgan fingerprint density at radius 1 is 1.06 bits per heavy atom. The molecule has 1 aromatic carbocycles. The molecule has 0 unspecified atom stereocenters. The molecule has 1 heterocycles. The maximum absolute atomic E-state index is 13.8. The summed E-state index contributed by atoms with van der Waals surface area (Å²) in [5, 5.41) is 0. The van der Waals surface area contributed by atoms with E-state index in [0.717, 1.165) is 31.5 Å². The minimum atomic E-state index is -5.02. The molecule has 0 saturated carbocycles. The van der Waals surface area contributed by atoms with E-state index in [1.54, 1.807) is 6.92 Å². The highest BCUT2D eigenvalue weighted by Crippen LogP contribution is 2.40. The highest BCUT2D eigenvalue weighted by Gasteiger charge is 2.39. The van der Waals surface area contributed by atoms with E-state index in [4.69, 9.17) is 4.74 Å². The number of sulfonamides is 1. The lowest BCUT2D eigenvalue weighted by molar-refractivity contribution is -0.137. The molecular weight excluding hydrogens is 473 g/mol. The summed E-state index contributed by atoms with van der Waals surface area (Å²) < 4.78 is 95.9. The van der Waals surface area contributed by atoms with E-state index in [-0.39, 0.29) is 17.9 Å². The number of carbonyl (C=O) groups is 1. The van der Waals surface area contributed by atoms with E-state index in [1.807, 2.05) is 0 Å². The van der Waals surface area contributed by atoms with Crippen LogP contribution in [-0.2, 0) is 42.3 Å². The maximum Gasteiger partial charge on any atom is 0.418 e. The van der Waals surface area contributed by atoms with E-state index in [0.29, 0.717) is 4.31 Å². The second-order valence-corrected chi connectivity index (χ2v) is 10.9.